The molecule has 0 saturated heterocycles. The van der Waals surface area contributed by atoms with Crippen LogP contribution in [0.5, 0.6) is 0 Å². The van der Waals surface area contributed by atoms with E-state index in [0.717, 1.165) is 11.1 Å². The zero-order chi connectivity index (χ0) is 14.7. The molecule has 0 aliphatic heterocycles. The number of nitrogens with zero attached hydrogens (tertiary/aromatic N) is 2. The van der Waals surface area contributed by atoms with Gasteiger partial charge in [-0.15, -0.1) is 0 Å². The average Bonchev–Trinajstić information content (AvgIpc) is 2.42. The van der Waals surface area contributed by atoms with Crippen LogP contribution in [0.1, 0.15) is 32.1 Å². The van der Waals surface area contributed by atoms with Gasteiger partial charge >= 0.3 is 5.97 Å². The van der Waals surface area contributed by atoms with Crippen LogP contribution in [0.4, 0.5) is 5.69 Å². The molecule has 102 valence electrons. The normalized spacial score (nSPS) is 10.1. The highest BCUT2D eigenvalue weighted by Gasteiger charge is 2.19. The number of nitrogens with one attached hydrogen (secondary N) is 1. The van der Waals surface area contributed by atoms with Crippen molar-refractivity contribution in [1.29, 1.82) is 0 Å². The minimum atomic E-state index is -1.29. The van der Waals surface area contributed by atoms with Crippen molar-refractivity contribution in [1.82, 2.24) is 9.97 Å². The molecule has 2 aromatic rings. The number of benzene rings is 1. The lowest BCUT2D eigenvalue weighted by atomic mass is 10.1. The number of carbonyl (C=O) groups is 2. The van der Waals surface area contributed by atoms with Gasteiger partial charge in [0.15, 0.2) is 11.4 Å². The van der Waals surface area contributed by atoms with Gasteiger partial charge < -0.3 is 10.4 Å². The molecule has 0 radical (unpaired) electrons. The Morgan fingerprint density at radius 3 is 2.40 bits per heavy atom. The van der Waals surface area contributed by atoms with Gasteiger partial charge in [0.25, 0.3) is 5.91 Å². The largest absolute Gasteiger partial charge is 0.476 e. The second kappa shape index (κ2) is 5.48. The van der Waals surface area contributed by atoms with E-state index in [1.807, 2.05) is 32.0 Å². The number of carbonyl (C=O) groups excluding carboxylic acids is 1. The molecule has 1 aromatic heterocycles. The maximum atomic E-state index is 12.1. The minimum Gasteiger partial charge on any atom is -0.476 e. The van der Waals surface area contributed by atoms with Crippen molar-refractivity contribution < 1.29 is 14.7 Å². The van der Waals surface area contributed by atoms with Crippen LogP contribution in [0.3, 0.4) is 0 Å². The van der Waals surface area contributed by atoms with Crippen LogP contribution in [-0.2, 0) is 0 Å². The van der Waals surface area contributed by atoms with Gasteiger partial charge in [-0.25, -0.2) is 14.8 Å². The van der Waals surface area contributed by atoms with E-state index in [9.17, 15) is 9.59 Å². The van der Waals surface area contributed by atoms with Crippen molar-refractivity contribution in [2.24, 2.45) is 0 Å². The molecule has 2 N–H and O–H groups in total. The number of carboxylic acid groups (broad SMARTS) is 1. The first-order valence-corrected chi connectivity index (χ1v) is 5.92. The summed E-state index contributed by atoms with van der Waals surface area (Å²) in [6.45, 7) is 3.75. The van der Waals surface area contributed by atoms with Crippen LogP contribution in [0.2, 0.25) is 0 Å². The number of rotatable bonds is 3. The number of aromatic nitrogens is 2. The second-order valence-electron chi connectivity index (χ2n) is 4.33. The minimum absolute atomic E-state index is 0.207. The van der Waals surface area contributed by atoms with E-state index in [1.54, 1.807) is 0 Å². The molecule has 6 nitrogen and oxygen atoms in total. The smallest absolute Gasteiger partial charge is 0.356 e. The molecule has 1 aromatic carbocycles. The van der Waals surface area contributed by atoms with Gasteiger partial charge in [-0.05, 0) is 31.0 Å². The van der Waals surface area contributed by atoms with Gasteiger partial charge in [0.1, 0.15) is 0 Å². The molecule has 0 aliphatic carbocycles. The third kappa shape index (κ3) is 2.80. The van der Waals surface area contributed by atoms with Crippen molar-refractivity contribution in [2.75, 3.05) is 5.32 Å². The Kier molecular flexibility index (Phi) is 3.74. The molecule has 0 aliphatic rings. The lowest BCUT2D eigenvalue weighted by Gasteiger charge is -2.09. The van der Waals surface area contributed by atoms with Gasteiger partial charge in [0.2, 0.25) is 0 Å². The fourth-order valence-electron chi connectivity index (χ4n) is 1.71. The van der Waals surface area contributed by atoms with E-state index in [-0.39, 0.29) is 11.4 Å². The summed E-state index contributed by atoms with van der Waals surface area (Å²) in [5.74, 6) is -1.88. The summed E-state index contributed by atoms with van der Waals surface area (Å²) in [4.78, 5) is 30.6. The van der Waals surface area contributed by atoms with E-state index in [0.29, 0.717) is 5.69 Å². The monoisotopic (exact) mass is 271 g/mol. The Morgan fingerprint density at radius 1 is 1.10 bits per heavy atom. The first-order chi connectivity index (χ1) is 9.49. The molecule has 0 bridgehead atoms. The van der Waals surface area contributed by atoms with Gasteiger partial charge in [-0.3, -0.25) is 4.79 Å². The number of amides is 1. The molecule has 6 heteroatoms. The summed E-state index contributed by atoms with van der Waals surface area (Å²) in [6.07, 6.45) is 2.52. The molecule has 0 unspecified atom stereocenters. The maximum absolute atomic E-state index is 12.1. The molecule has 20 heavy (non-hydrogen) atoms. The predicted octanol–water partition coefficient (Wildman–Crippen LogP) is 2.04. The number of carboxylic acids is 1. The summed E-state index contributed by atoms with van der Waals surface area (Å²) >= 11 is 0. The Hall–Kier alpha value is -2.76. The number of aryl methyl sites for hydroxylation is 2. The standard InChI is InChI=1S/C14H13N3O3/c1-8-3-4-9(2)10(7-8)17-13(18)11-12(14(19)20)16-6-5-15-11/h3-7H,1-2H3,(H,17,18)(H,19,20). The Morgan fingerprint density at radius 2 is 1.75 bits per heavy atom. The van der Waals surface area contributed by atoms with E-state index in [2.05, 4.69) is 15.3 Å². The summed E-state index contributed by atoms with van der Waals surface area (Å²) in [5, 5.41) is 11.7. The molecular weight excluding hydrogens is 258 g/mol. The summed E-state index contributed by atoms with van der Waals surface area (Å²) < 4.78 is 0. The SMILES string of the molecule is Cc1ccc(C)c(NC(=O)c2nccnc2C(=O)O)c1. The third-order valence-corrected chi connectivity index (χ3v) is 2.76. The third-order valence-electron chi connectivity index (χ3n) is 2.76. The number of hydrogen-bond acceptors (Lipinski definition) is 4. The first kappa shape index (κ1) is 13.7. The van der Waals surface area contributed by atoms with E-state index < -0.39 is 11.9 Å². The van der Waals surface area contributed by atoms with Crippen LogP contribution < -0.4 is 5.32 Å². The van der Waals surface area contributed by atoms with Gasteiger partial charge in [-0.1, -0.05) is 12.1 Å². The van der Waals surface area contributed by atoms with Crippen LogP contribution in [-0.4, -0.2) is 27.0 Å². The highest BCUT2D eigenvalue weighted by Crippen LogP contribution is 2.17. The Labute approximate surface area is 115 Å². The van der Waals surface area contributed by atoms with Crippen molar-refractivity contribution in [3.63, 3.8) is 0 Å². The van der Waals surface area contributed by atoms with Crippen molar-refractivity contribution in [3.05, 3.63) is 53.1 Å². The topological polar surface area (TPSA) is 92.2 Å². The first-order valence-electron chi connectivity index (χ1n) is 5.92. The van der Waals surface area contributed by atoms with Gasteiger partial charge in [0, 0.05) is 18.1 Å². The predicted molar refractivity (Wildman–Crippen MR) is 72.9 cm³/mol. The molecule has 0 fully saturated rings. The zero-order valence-corrected chi connectivity index (χ0v) is 11.0. The Balaban J connectivity index is 2.33. The maximum Gasteiger partial charge on any atom is 0.356 e. The lowest BCUT2D eigenvalue weighted by Crippen LogP contribution is -2.19. The summed E-state index contributed by atoms with van der Waals surface area (Å²) in [7, 11) is 0. The molecule has 0 spiro atoms. The van der Waals surface area contributed by atoms with Crippen molar-refractivity contribution in [2.45, 2.75) is 13.8 Å². The fraction of sp³-hybridized carbons (Fsp3) is 0.143. The second-order valence-corrected chi connectivity index (χ2v) is 4.33. The quantitative estimate of drug-likeness (QED) is 0.891. The summed E-state index contributed by atoms with van der Waals surface area (Å²) in [5.41, 5.74) is 1.92. The number of aromatic carboxylic acids is 1. The van der Waals surface area contributed by atoms with Crippen molar-refractivity contribution in [3.8, 4) is 0 Å². The van der Waals surface area contributed by atoms with Crippen LogP contribution >= 0.6 is 0 Å². The molecule has 1 heterocycles. The molecular formula is C14H13N3O3. The Bertz CT molecular complexity index is 683. The average molecular weight is 271 g/mol. The molecule has 1 amide bonds. The molecule has 0 saturated carbocycles. The number of hydrogen-bond donors (Lipinski definition) is 2. The lowest BCUT2D eigenvalue weighted by molar-refractivity contribution is 0.0685. The zero-order valence-electron chi connectivity index (χ0n) is 11.0. The van der Waals surface area contributed by atoms with Crippen LogP contribution in [0.15, 0.2) is 30.6 Å². The molecule has 2 rings (SSSR count). The van der Waals surface area contributed by atoms with E-state index in [4.69, 9.17) is 5.11 Å². The number of anilines is 1. The summed E-state index contributed by atoms with van der Waals surface area (Å²) in [6, 6.07) is 5.61. The van der Waals surface area contributed by atoms with Gasteiger partial charge in [-0.2, -0.15) is 0 Å². The van der Waals surface area contributed by atoms with Crippen LogP contribution in [0, 0.1) is 13.8 Å². The highest BCUT2D eigenvalue weighted by atomic mass is 16.4. The van der Waals surface area contributed by atoms with E-state index >= 15 is 0 Å². The van der Waals surface area contributed by atoms with Crippen molar-refractivity contribution >= 4 is 17.6 Å². The highest BCUT2D eigenvalue weighted by molar-refractivity contribution is 6.08. The van der Waals surface area contributed by atoms with Gasteiger partial charge in [0.05, 0.1) is 0 Å². The molecule has 0 atom stereocenters. The fourth-order valence-corrected chi connectivity index (χ4v) is 1.71. The van der Waals surface area contributed by atoms with E-state index in [1.165, 1.54) is 12.4 Å². The van der Waals surface area contributed by atoms with Crippen LogP contribution in [0.25, 0.3) is 0 Å².